The maximum absolute atomic E-state index is 13.3. The Bertz CT molecular complexity index is 772. The normalized spacial score (nSPS) is 19.7. The maximum atomic E-state index is 13.3. The first-order valence-corrected chi connectivity index (χ1v) is 9.14. The van der Waals surface area contributed by atoms with Crippen molar-refractivity contribution < 1.29 is 14.3 Å². The molecule has 0 saturated heterocycles. The second-order valence-electron chi connectivity index (χ2n) is 6.96. The number of methoxy groups -OCH3 is 1. The van der Waals surface area contributed by atoms with Gasteiger partial charge in [-0.1, -0.05) is 0 Å². The fourth-order valence-corrected chi connectivity index (χ4v) is 3.36. The minimum absolute atomic E-state index is 0.00728. The number of aryl methyl sites for hydroxylation is 1. The number of amides is 1. The van der Waals surface area contributed by atoms with Crippen molar-refractivity contribution in [2.24, 2.45) is 5.92 Å². The largest absolute Gasteiger partial charge is 0.480 e. The Kier molecular flexibility index (Phi) is 4.88. The molecule has 0 unspecified atom stereocenters. The van der Waals surface area contributed by atoms with Crippen molar-refractivity contribution in [2.75, 3.05) is 20.3 Å². The van der Waals surface area contributed by atoms with Crippen molar-refractivity contribution in [3.63, 3.8) is 0 Å². The molecule has 1 aliphatic heterocycles. The standard InChI is InChI=1S/C19H24N4O3/c1-25-18-17(3-2-8-20-18)19(24)22-11-15-6-9-21-23(15)10-7-16(22)13-26-12-14-4-5-14/h2-3,6,8-9,14,16H,4-5,7,10-13H2,1H3/t16-/m0/s1. The van der Waals surface area contributed by atoms with E-state index in [1.807, 2.05) is 15.6 Å². The van der Waals surface area contributed by atoms with Crippen LogP contribution in [0.2, 0.25) is 0 Å². The molecule has 3 heterocycles. The van der Waals surface area contributed by atoms with Gasteiger partial charge in [0.2, 0.25) is 5.88 Å². The predicted molar refractivity (Wildman–Crippen MR) is 94.8 cm³/mol. The SMILES string of the molecule is COc1ncccc1C(=O)N1Cc2ccnn2CC[C@H]1COCC1CC1. The van der Waals surface area contributed by atoms with E-state index in [-0.39, 0.29) is 11.9 Å². The summed E-state index contributed by atoms with van der Waals surface area (Å²) in [5.74, 6) is 0.983. The Morgan fingerprint density at radius 2 is 2.12 bits per heavy atom. The van der Waals surface area contributed by atoms with Crippen LogP contribution in [0, 0.1) is 5.92 Å². The number of fused-ring (bicyclic) bond motifs is 1. The first kappa shape index (κ1) is 17.0. The van der Waals surface area contributed by atoms with Crippen LogP contribution in [-0.2, 0) is 17.8 Å². The van der Waals surface area contributed by atoms with E-state index in [2.05, 4.69) is 10.1 Å². The summed E-state index contributed by atoms with van der Waals surface area (Å²) in [5, 5.41) is 4.37. The highest BCUT2D eigenvalue weighted by molar-refractivity contribution is 5.96. The van der Waals surface area contributed by atoms with Gasteiger partial charge in [-0.25, -0.2) is 4.98 Å². The molecule has 0 spiro atoms. The van der Waals surface area contributed by atoms with Crippen molar-refractivity contribution >= 4 is 5.91 Å². The Morgan fingerprint density at radius 3 is 2.92 bits per heavy atom. The number of hydrogen-bond acceptors (Lipinski definition) is 5. The molecule has 1 fully saturated rings. The lowest BCUT2D eigenvalue weighted by Crippen LogP contribution is -2.42. The summed E-state index contributed by atoms with van der Waals surface area (Å²) in [7, 11) is 1.53. The molecule has 1 atom stereocenters. The van der Waals surface area contributed by atoms with Crippen LogP contribution >= 0.6 is 0 Å². The van der Waals surface area contributed by atoms with Crippen LogP contribution in [0.5, 0.6) is 5.88 Å². The second-order valence-corrected chi connectivity index (χ2v) is 6.96. The third-order valence-electron chi connectivity index (χ3n) is 5.07. The van der Waals surface area contributed by atoms with Crippen molar-refractivity contribution in [1.82, 2.24) is 19.7 Å². The van der Waals surface area contributed by atoms with Gasteiger partial charge < -0.3 is 14.4 Å². The van der Waals surface area contributed by atoms with Crippen LogP contribution in [-0.4, -0.2) is 51.9 Å². The quantitative estimate of drug-likeness (QED) is 0.793. The topological polar surface area (TPSA) is 69.5 Å². The molecule has 0 aromatic carbocycles. The summed E-state index contributed by atoms with van der Waals surface area (Å²) in [6, 6.07) is 5.50. The van der Waals surface area contributed by atoms with E-state index in [9.17, 15) is 4.79 Å². The molecule has 26 heavy (non-hydrogen) atoms. The van der Waals surface area contributed by atoms with Crippen molar-refractivity contribution in [3.8, 4) is 5.88 Å². The molecular weight excluding hydrogens is 332 g/mol. The molecule has 1 amide bonds. The fourth-order valence-electron chi connectivity index (χ4n) is 3.36. The number of carbonyl (C=O) groups is 1. The first-order valence-electron chi connectivity index (χ1n) is 9.14. The molecule has 0 bridgehead atoms. The molecule has 0 N–H and O–H groups in total. The zero-order valence-corrected chi connectivity index (χ0v) is 15.0. The van der Waals surface area contributed by atoms with Gasteiger partial charge >= 0.3 is 0 Å². The minimum Gasteiger partial charge on any atom is -0.480 e. The van der Waals surface area contributed by atoms with E-state index in [1.165, 1.54) is 20.0 Å². The molecule has 7 heteroatoms. The average Bonchev–Trinajstić information content (AvgIpc) is 3.43. The van der Waals surface area contributed by atoms with Crippen molar-refractivity contribution in [1.29, 1.82) is 0 Å². The lowest BCUT2D eigenvalue weighted by Gasteiger charge is -2.30. The van der Waals surface area contributed by atoms with Gasteiger partial charge in [0.05, 0.1) is 32.0 Å². The molecular formula is C19H24N4O3. The highest BCUT2D eigenvalue weighted by Crippen LogP contribution is 2.29. The maximum Gasteiger partial charge on any atom is 0.260 e. The Morgan fingerprint density at radius 1 is 1.23 bits per heavy atom. The van der Waals surface area contributed by atoms with Gasteiger partial charge in [0.15, 0.2) is 0 Å². The summed E-state index contributed by atoms with van der Waals surface area (Å²) in [6.07, 6.45) is 6.74. The van der Waals surface area contributed by atoms with Gasteiger partial charge in [-0.2, -0.15) is 5.10 Å². The van der Waals surface area contributed by atoms with Crippen molar-refractivity contribution in [2.45, 2.75) is 38.4 Å². The van der Waals surface area contributed by atoms with Crippen molar-refractivity contribution in [3.05, 3.63) is 41.9 Å². The average molecular weight is 356 g/mol. The third-order valence-corrected chi connectivity index (χ3v) is 5.07. The Balaban J connectivity index is 1.57. The molecule has 0 radical (unpaired) electrons. The molecule has 2 aliphatic rings. The van der Waals surface area contributed by atoms with Crippen LogP contribution in [0.15, 0.2) is 30.6 Å². The van der Waals surface area contributed by atoms with E-state index in [0.29, 0.717) is 30.5 Å². The van der Waals surface area contributed by atoms with Crippen LogP contribution in [0.1, 0.15) is 35.3 Å². The molecule has 7 nitrogen and oxygen atoms in total. The number of hydrogen-bond donors (Lipinski definition) is 0. The lowest BCUT2D eigenvalue weighted by atomic mass is 10.1. The number of rotatable bonds is 6. The number of ether oxygens (including phenoxy) is 2. The Hall–Kier alpha value is -2.41. The summed E-state index contributed by atoms with van der Waals surface area (Å²) in [6.45, 7) is 2.64. The highest BCUT2D eigenvalue weighted by Gasteiger charge is 2.31. The molecule has 1 saturated carbocycles. The zero-order valence-electron chi connectivity index (χ0n) is 15.0. The fraction of sp³-hybridized carbons (Fsp3) is 0.526. The van der Waals surface area contributed by atoms with E-state index in [0.717, 1.165) is 25.3 Å². The van der Waals surface area contributed by atoms with E-state index in [1.54, 1.807) is 24.5 Å². The Labute approximate surface area is 152 Å². The number of carbonyl (C=O) groups excluding carboxylic acids is 1. The monoisotopic (exact) mass is 356 g/mol. The summed E-state index contributed by atoms with van der Waals surface area (Å²) < 4.78 is 13.2. The predicted octanol–water partition coefficient (Wildman–Crippen LogP) is 2.13. The number of nitrogens with zero attached hydrogens (tertiary/aromatic N) is 4. The number of pyridine rings is 1. The third kappa shape index (κ3) is 3.58. The van der Waals surface area contributed by atoms with Gasteiger partial charge in [0, 0.05) is 25.5 Å². The summed E-state index contributed by atoms with van der Waals surface area (Å²) in [4.78, 5) is 19.4. The minimum atomic E-state index is -0.0791. The van der Waals surface area contributed by atoms with Gasteiger partial charge in [-0.15, -0.1) is 0 Å². The smallest absolute Gasteiger partial charge is 0.260 e. The van der Waals surface area contributed by atoms with Crippen LogP contribution < -0.4 is 4.74 Å². The second kappa shape index (κ2) is 7.45. The van der Waals surface area contributed by atoms with Crippen LogP contribution in [0.25, 0.3) is 0 Å². The van der Waals surface area contributed by atoms with E-state index >= 15 is 0 Å². The van der Waals surface area contributed by atoms with Gasteiger partial charge in [-0.3, -0.25) is 9.48 Å². The van der Waals surface area contributed by atoms with Crippen LogP contribution in [0.4, 0.5) is 0 Å². The zero-order chi connectivity index (χ0) is 17.9. The summed E-state index contributed by atoms with van der Waals surface area (Å²) in [5.41, 5.74) is 1.51. The number of aromatic nitrogens is 3. The molecule has 2 aromatic rings. The van der Waals surface area contributed by atoms with E-state index < -0.39 is 0 Å². The van der Waals surface area contributed by atoms with Gasteiger partial charge in [0.25, 0.3) is 5.91 Å². The highest BCUT2D eigenvalue weighted by atomic mass is 16.5. The van der Waals surface area contributed by atoms with E-state index in [4.69, 9.17) is 9.47 Å². The molecule has 1 aliphatic carbocycles. The molecule has 2 aromatic heterocycles. The van der Waals surface area contributed by atoms with Gasteiger partial charge in [-0.05, 0) is 43.4 Å². The lowest BCUT2D eigenvalue weighted by molar-refractivity contribution is 0.0368. The summed E-state index contributed by atoms with van der Waals surface area (Å²) >= 11 is 0. The van der Waals surface area contributed by atoms with Gasteiger partial charge in [0.1, 0.15) is 5.56 Å². The first-order chi connectivity index (χ1) is 12.8. The molecule has 138 valence electrons. The van der Waals surface area contributed by atoms with Crippen LogP contribution in [0.3, 0.4) is 0 Å². The molecule has 4 rings (SSSR count).